The van der Waals surface area contributed by atoms with Crippen molar-refractivity contribution in [2.75, 3.05) is 7.11 Å². The Kier molecular flexibility index (Phi) is 2.66. The number of carboxylic acids is 1. The summed E-state index contributed by atoms with van der Waals surface area (Å²) in [7, 11) is 1.54. The van der Waals surface area contributed by atoms with Crippen LogP contribution in [0.4, 0.5) is 0 Å². The van der Waals surface area contributed by atoms with Crippen LogP contribution in [0.3, 0.4) is 0 Å². The number of aryl methyl sites for hydroxylation is 1. The monoisotopic (exact) mass is 239 g/mol. The molecule has 0 aliphatic rings. The molecule has 0 aliphatic heterocycles. The Balaban J connectivity index is 2.49. The maximum Gasteiger partial charge on any atom is 0.373 e. The maximum atomic E-state index is 10.8. The lowest BCUT2D eigenvalue weighted by molar-refractivity contribution is 0.0662. The number of hydrogen-bond acceptors (Lipinski definition) is 5. The SMILES string of the molecule is COc1ccsc1-c1nc(C)c(C(=O)O)o1. The molecule has 0 aromatic carbocycles. The third-order valence-corrected chi connectivity index (χ3v) is 2.92. The van der Waals surface area contributed by atoms with Gasteiger partial charge in [-0.25, -0.2) is 9.78 Å². The Morgan fingerprint density at radius 3 is 2.94 bits per heavy atom. The number of carboxylic acid groups (broad SMARTS) is 1. The number of thiophene rings is 1. The largest absolute Gasteiger partial charge is 0.495 e. The van der Waals surface area contributed by atoms with E-state index < -0.39 is 5.97 Å². The zero-order valence-corrected chi connectivity index (χ0v) is 9.50. The maximum absolute atomic E-state index is 10.8. The van der Waals surface area contributed by atoms with E-state index in [1.807, 2.05) is 5.38 Å². The average Bonchev–Trinajstić information content (AvgIpc) is 2.82. The van der Waals surface area contributed by atoms with Crippen molar-refractivity contribution in [3.05, 3.63) is 22.9 Å². The van der Waals surface area contributed by atoms with Gasteiger partial charge in [0.25, 0.3) is 0 Å². The number of methoxy groups -OCH3 is 1. The molecular formula is C10H9NO4S. The minimum atomic E-state index is -1.12. The van der Waals surface area contributed by atoms with E-state index in [1.54, 1.807) is 20.1 Å². The number of rotatable bonds is 3. The van der Waals surface area contributed by atoms with Crippen molar-refractivity contribution < 1.29 is 19.1 Å². The molecule has 5 nitrogen and oxygen atoms in total. The van der Waals surface area contributed by atoms with Gasteiger partial charge in [-0.2, -0.15) is 0 Å². The molecule has 0 atom stereocenters. The zero-order chi connectivity index (χ0) is 11.7. The number of aromatic nitrogens is 1. The molecule has 0 amide bonds. The second-order valence-electron chi connectivity index (χ2n) is 3.06. The Morgan fingerprint density at radius 1 is 1.62 bits per heavy atom. The summed E-state index contributed by atoms with van der Waals surface area (Å²) in [5, 5.41) is 10.7. The smallest absolute Gasteiger partial charge is 0.373 e. The summed E-state index contributed by atoms with van der Waals surface area (Å²) >= 11 is 1.39. The van der Waals surface area contributed by atoms with Crippen molar-refractivity contribution >= 4 is 17.3 Å². The first-order valence-electron chi connectivity index (χ1n) is 4.46. The summed E-state index contributed by atoms with van der Waals surface area (Å²) in [5.41, 5.74) is 0.359. The van der Waals surface area contributed by atoms with Crippen LogP contribution >= 0.6 is 11.3 Å². The molecule has 1 N–H and O–H groups in total. The number of carbonyl (C=O) groups is 1. The Labute approximate surface area is 95.3 Å². The predicted molar refractivity (Wildman–Crippen MR) is 58.1 cm³/mol. The second kappa shape index (κ2) is 3.97. The lowest BCUT2D eigenvalue weighted by atomic mass is 10.4. The van der Waals surface area contributed by atoms with Gasteiger partial charge in [0.1, 0.15) is 10.6 Å². The van der Waals surface area contributed by atoms with Crippen LogP contribution in [0.25, 0.3) is 10.8 Å². The van der Waals surface area contributed by atoms with Gasteiger partial charge in [0.15, 0.2) is 0 Å². The van der Waals surface area contributed by atoms with Gasteiger partial charge in [0, 0.05) is 0 Å². The highest BCUT2D eigenvalue weighted by Gasteiger charge is 2.20. The molecule has 2 aromatic heterocycles. The topological polar surface area (TPSA) is 72.6 Å². The molecule has 2 aromatic rings. The lowest BCUT2D eigenvalue weighted by Crippen LogP contribution is -1.95. The number of aromatic carboxylic acids is 1. The van der Waals surface area contributed by atoms with Crippen LogP contribution in [0.2, 0.25) is 0 Å². The van der Waals surface area contributed by atoms with Crippen molar-refractivity contribution in [2.45, 2.75) is 6.92 Å². The lowest BCUT2D eigenvalue weighted by Gasteiger charge is -1.96. The van der Waals surface area contributed by atoms with Crippen LogP contribution < -0.4 is 4.74 Å². The van der Waals surface area contributed by atoms with Gasteiger partial charge in [-0.1, -0.05) is 0 Å². The van der Waals surface area contributed by atoms with Gasteiger partial charge in [0.05, 0.1) is 12.8 Å². The first-order chi connectivity index (χ1) is 7.63. The summed E-state index contributed by atoms with van der Waals surface area (Å²) in [6.45, 7) is 1.59. The predicted octanol–water partition coefficient (Wildman–Crippen LogP) is 2.42. The Bertz CT molecular complexity index is 529. The molecule has 0 spiro atoms. The molecule has 2 rings (SSSR count). The number of nitrogens with zero attached hydrogens (tertiary/aromatic N) is 1. The van der Waals surface area contributed by atoms with E-state index in [4.69, 9.17) is 14.3 Å². The van der Waals surface area contributed by atoms with Gasteiger partial charge >= 0.3 is 5.97 Å². The number of hydrogen-bond donors (Lipinski definition) is 1. The van der Waals surface area contributed by atoms with E-state index in [0.717, 1.165) is 0 Å². The van der Waals surface area contributed by atoms with Crippen LogP contribution in [0.1, 0.15) is 16.2 Å². The molecule has 0 saturated carbocycles. The molecular weight excluding hydrogens is 230 g/mol. The van der Waals surface area contributed by atoms with Crippen molar-refractivity contribution in [3.63, 3.8) is 0 Å². The first-order valence-corrected chi connectivity index (χ1v) is 5.34. The average molecular weight is 239 g/mol. The fourth-order valence-electron chi connectivity index (χ4n) is 1.31. The molecule has 0 unspecified atom stereocenters. The second-order valence-corrected chi connectivity index (χ2v) is 3.97. The number of oxazole rings is 1. The number of ether oxygens (including phenoxy) is 1. The van der Waals surface area contributed by atoms with Crippen molar-refractivity contribution in [1.29, 1.82) is 0 Å². The summed E-state index contributed by atoms with van der Waals surface area (Å²) in [5.74, 6) is -0.345. The molecule has 84 valence electrons. The molecule has 2 heterocycles. The highest BCUT2D eigenvalue weighted by molar-refractivity contribution is 7.13. The van der Waals surface area contributed by atoms with E-state index in [1.165, 1.54) is 11.3 Å². The van der Waals surface area contributed by atoms with E-state index in [9.17, 15) is 4.79 Å². The van der Waals surface area contributed by atoms with E-state index in [2.05, 4.69) is 4.98 Å². The summed E-state index contributed by atoms with van der Waals surface area (Å²) < 4.78 is 10.3. The van der Waals surface area contributed by atoms with Crippen molar-refractivity contribution in [3.8, 4) is 16.5 Å². The fraction of sp³-hybridized carbons (Fsp3) is 0.200. The van der Waals surface area contributed by atoms with Crippen LogP contribution in [-0.4, -0.2) is 23.2 Å². The quantitative estimate of drug-likeness (QED) is 0.890. The normalized spacial score (nSPS) is 10.4. The molecule has 0 radical (unpaired) electrons. The molecule has 0 saturated heterocycles. The minimum absolute atomic E-state index is 0.134. The standard InChI is InChI=1S/C10H9NO4S/c1-5-7(10(12)13)15-9(11-5)8-6(14-2)3-4-16-8/h3-4H,1-2H3,(H,12,13). The first kappa shape index (κ1) is 10.7. The van der Waals surface area contributed by atoms with Gasteiger partial charge in [-0.05, 0) is 18.4 Å². The summed E-state index contributed by atoms with van der Waals surface area (Å²) in [4.78, 5) is 15.6. The fourth-order valence-corrected chi connectivity index (χ4v) is 2.09. The van der Waals surface area contributed by atoms with Crippen LogP contribution in [-0.2, 0) is 0 Å². The molecule has 16 heavy (non-hydrogen) atoms. The van der Waals surface area contributed by atoms with Gasteiger partial charge in [0.2, 0.25) is 11.7 Å². The van der Waals surface area contributed by atoms with E-state index in [-0.39, 0.29) is 11.7 Å². The summed E-state index contributed by atoms with van der Waals surface area (Å²) in [6, 6.07) is 1.78. The molecule has 0 fully saturated rings. The molecule has 6 heteroatoms. The zero-order valence-electron chi connectivity index (χ0n) is 8.68. The molecule has 0 aliphatic carbocycles. The van der Waals surface area contributed by atoms with Crippen LogP contribution in [0.5, 0.6) is 5.75 Å². The van der Waals surface area contributed by atoms with Crippen LogP contribution in [0, 0.1) is 6.92 Å². The highest BCUT2D eigenvalue weighted by atomic mass is 32.1. The molecule has 0 bridgehead atoms. The third kappa shape index (κ3) is 1.67. The van der Waals surface area contributed by atoms with Crippen molar-refractivity contribution in [2.24, 2.45) is 0 Å². The summed E-state index contributed by atoms with van der Waals surface area (Å²) in [6.07, 6.45) is 0. The Hall–Kier alpha value is -1.82. The van der Waals surface area contributed by atoms with Crippen LogP contribution in [0.15, 0.2) is 15.9 Å². The highest BCUT2D eigenvalue weighted by Crippen LogP contribution is 2.35. The third-order valence-electron chi connectivity index (χ3n) is 2.03. The minimum Gasteiger partial charge on any atom is -0.495 e. The van der Waals surface area contributed by atoms with Gasteiger partial charge < -0.3 is 14.3 Å². The van der Waals surface area contributed by atoms with E-state index >= 15 is 0 Å². The van der Waals surface area contributed by atoms with E-state index in [0.29, 0.717) is 16.3 Å². The van der Waals surface area contributed by atoms with Crippen molar-refractivity contribution in [1.82, 2.24) is 4.98 Å². The Morgan fingerprint density at radius 2 is 2.38 bits per heavy atom. The van der Waals surface area contributed by atoms with Gasteiger partial charge in [-0.15, -0.1) is 11.3 Å². The van der Waals surface area contributed by atoms with Gasteiger partial charge in [-0.3, -0.25) is 0 Å².